The van der Waals surface area contributed by atoms with Crippen LogP contribution in [0, 0.1) is 0 Å². The summed E-state index contributed by atoms with van der Waals surface area (Å²) < 4.78 is 0. The Kier molecular flexibility index (Phi) is 5.69. The van der Waals surface area contributed by atoms with Gasteiger partial charge in [-0.25, -0.2) is 4.79 Å². The van der Waals surface area contributed by atoms with Crippen LogP contribution in [0.15, 0.2) is 0 Å². The molecular weight excluding hydrogens is 198 g/mol. The van der Waals surface area contributed by atoms with E-state index < -0.39 is 11.5 Å². The van der Waals surface area contributed by atoms with Crippen LogP contribution in [0.3, 0.4) is 0 Å². The molecule has 0 atom stereocenters. The molecule has 0 aromatic carbocycles. The van der Waals surface area contributed by atoms with Crippen molar-refractivity contribution in [3.8, 4) is 0 Å². The maximum absolute atomic E-state index is 11.2. The van der Waals surface area contributed by atoms with Crippen LogP contribution >= 0.6 is 0 Å². The molecule has 0 aliphatic rings. The molecule has 0 fully saturated rings. The third-order valence-corrected chi connectivity index (χ3v) is 1.85. The van der Waals surface area contributed by atoms with Gasteiger partial charge in [0.2, 0.25) is 0 Å². The van der Waals surface area contributed by atoms with E-state index in [2.05, 4.69) is 10.6 Å². The highest BCUT2D eigenvalue weighted by Crippen LogP contribution is 2.10. The number of nitrogens with one attached hydrogen (secondary N) is 2. The standard InChI is InChI=1S/C9H19N3O3/c1-9(2,4-3-7(13)14)12-8(15)11-6-5-10/h3-6,10H2,1-2H3,(H,13,14)(H2,11,12,15). The molecule has 15 heavy (non-hydrogen) atoms. The van der Waals surface area contributed by atoms with Gasteiger partial charge in [0.15, 0.2) is 0 Å². The molecule has 0 radical (unpaired) electrons. The predicted molar refractivity (Wildman–Crippen MR) is 56.5 cm³/mol. The second kappa shape index (κ2) is 6.23. The number of rotatable bonds is 6. The van der Waals surface area contributed by atoms with Crippen molar-refractivity contribution in [1.29, 1.82) is 0 Å². The minimum atomic E-state index is -0.868. The maximum atomic E-state index is 11.2. The molecule has 0 bridgehead atoms. The summed E-state index contributed by atoms with van der Waals surface area (Å²) in [4.78, 5) is 21.6. The average molecular weight is 217 g/mol. The van der Waals surface area contributed by atoms with Gasteiger partial charge in [-0.3, -0.25) is 4.79 Å². The number of hydrogen-bond donors (Lipinski definition) is 4. The Morgan fingerprint density at radius 3 is 2.47 bits per heavy atom. The van der Waals surface area contributed by atoms with Gasteiger partial charge in [-0.05, 0) is 20.3 Å². The lowest BCUT2D eigenvalue weighted by atomic mass is 9.99. The summed E-state index contributed by atoms with van der Waals surface area (Å²) >= 11 is 0. The fourth-order valence-corrected chi connectivity index (χ4v) is 1.02. The summed E-state index contributed by atoms with van der Waals surface area (Å²) in [6.07, 6.45) is 0.419. The highest BCUT2D eigenvalue weighted by molar-refractivity contribution is 5.74. The number of carbonyl (C=O) groups excluding carboxylic acids is 1. The van der Waals surface area contributed by atoms with Crippen LogP contribution in [0.1, 0.15) is 26.7 Å². The molecule has 0 aromatic heterocycles. The molecule has 0 rings (SSSR count). The molecule has 88 valence electrons. The van der Waals surface area contributed by atoms with E-state index in [0.29, 0.717) is 19.5 Å². The van der Waals surface area contributed by atoms with Gasteiger partial charge in [-0.15, -0.1) is 0 Å². The van der Waals surface area contributed by atoms with Gasteiger partial charge < -0.3 is 21.5 Å². The minimum absolute atomic E-state index is 0.0319. The van der Waals surface area contributed by atoms with Gasteiger partial charge in [0, 0.05) is 25.0 Å². The van der Waals surface area contributed by atoms with Crippen molar-refractivity contribution in [3.63, 3.8) is 0 Å². The summed E-state index contributed by atoms with van der Waals surface area (Å²) in [5.74, 6) is -0.868. The fraction of sp³-hybridized carbons (Fsp3) is 0.778. The van der Waals surface area contributed by atoms with E-state index >= 15 is 0 Å². The molecule has 0 aliphatic carbocycles. The van der Waals surface area contributed by atoms with Crippen molar-refractivity contribution in [2.75, 3.05) is 13.1 Å². The lowest BCUT2D eigenvalue weighted by Gasteiger charge is -2.25. The van der Waals surface area contributed by atoms with Crippen LogP contribution in [-0.2, 0) is 4.79 Å². The number of amides is 2. The van der Waals surface area contributed by atoms with E-state index in [0.717, 1.165) is 0 Å². The molecule has 0 heterocycles. The zero-order valence-corrected chi connectivity index (χ0v) is 9.17. The third-order valence-electron chi connectivity index (χ3n) is 1.85. The number of carbonyl (C=O) groups is 2. The highest BCUT2D eigenvalue weighted by Gasteiger charge is 2.20. The van der Waals surface area contributed by atoms with Gasteiger partial charge >= 0.3 is 12.0 Å². The first-order valence-electron chi connectivity index (χ1n) is 4.85. The molecule has 0 saturated heterocycles. The first-order chi connectivity index (χ1) is 6.87. The van der Waals surface area contributed by atoms with Crippen LogP contribution in [0.4, 0.5) is 4.79 Å². The van der Waals surface area contributed by atoms with Crippen LogP contribution in [0.25, 0.3) is 0 Å². The molecule has 0 saturated carbocycles. The van der Waals surface area contributed by atoms with Gasteiger partial charge in [0.05, 0.1) is 0 Å². The molecule has 0 spiro atoms. The molecule has 0 unspecified atom stereocenters. The lowest BCUT2D eigenvalue weighted by molar-refractivity contribution is -0.137. The quantitative estimate of drug-likeness (QED) is 0.498. The zero-order valence-electron chi connectivity index (χ0n) is 9.17. The van der Waals surface area contributed by atoms with Crippen molar-refractivity contribution in [1.82, 2.24) is 10.6 Å². The van der Waals surface area contributed by atoms with Crippen molar-refractivity contribution < 1.29 is 14.7 Å². The van der Waals surface area contributed by atoms with Crippen molar-refractivity contribution in [2.45, 2.75) is 32.2 Å². The van der Waals surface area contributed by atoms with Crippen LogP contribution < -0.4 is 16.4 Å². The number of nitrogens with two attached hydrogens (primary N) is 1. The molecule has 0 aromatic rings. The van der Waals surface area contributed by atoms with E-state index in [1.54, 1.807) is 13.8 Å². The van der Waals surface area contributed by atoms with E-state index in [1.807, 2.05) is 0 Å². The van der Waals surface area contributed by atoms with Gasteiger partial charge in [0.1, 0.15) is 0 Å². The monoisotopic (exact) mass is 217 g/mol. The smallest absolute Gasteiger partial charge is 0.315 e. The van der Waals surface area contributed by atoms with E-state index in [9.17, 15) is 9.59 Å². The fourth-order valence-electron chi connectivity index (χ4n) is 1.02. The zero-order chi connectivity index (χ0) is 11.9. The predicted octanol–water partition coefficient (Wildman–Crippen LogP) is -0.112. The molecule has 0 aliphatic heterocycles. The summed E-state index contributed by atoms with van der Waals surface area (Å²) in [6, 6.07) is -0.323. The Labute approximate surface area is 89.2 Å². The summed E-state index contributed by atoms with van der Waals surface area (Å²) in [5, 5.41) is 13.7. The Balaban J connectivity index is 3.90. The second-order valence-corrected chi connectivity index (χ2v) is 3.95. The summed E-state index contributed by atoms with van der Waals surface area (Å²) in [6.45, 7) is 4.33. The first-order valence-corrected chi connectivity index (χ1v) is 4.85. The van der Waals surface area contributed by atoms with Gasteiger partial charge in [-0.1, -0.05) is 0 Å². The first kappa shape index (κ1) is 13.7. The third kappa shape index (κ3) is 7.75. The Bertz CT molecular complexity index is 229. The normalized spacial score (nSPS) is 10.9. The number of hydrogen-bond acceptors (Lipinski definition) is 3. The Morgan fingerprint density at radius 1 is 1.40 bits per heavy atom. The maximum Gasteiger partial charge on any atom is 0.315 e. The van der Waals surface area contributed by atoms with Crippen molar-refractivity contribution >= 4 is 12.0 Å². The number of aliphatic carboxylic acids is 1. The Morgan fingerprint density at radius 2 is 2.00 bits per heavy atom. The molecule has 6 nitrogen and oxygen atoms in total. The van der Waals surface area contributed by atoms with Crippen LogP contribution in [-0.4, -0.2) is 35.7 Å². The number of carboxylic acid groups (broad SMARTS) is 1. The topological polar surface area (TPSA) is 104 Å². The number of carboxylic acids is 1. The van der Waals surface area contributed by atoms with E-state index in [-0.39, 0.29) is 12.5 Å². The van der Waals surface area contributed by atoms with E-state index in [4.69, 9.17) is 10.8 Å². The van der Waals surface area contributed by atoms with Crippen molar-refractivity contribution in [2.24, 2.45) is 5.73 Å². The summed E-state index contributed by atoms with van der Waals surface area (Å²) in [7, 11) is 0. The largest absolute Gasteiger partial charge is 0.481 e. The van der Waals surface area contributed by atoms with Crippen LogP contribution in [0.2, 0.25) is 0 Å². The average Bonchev–Trinajstić information content (AvgIpc) is 2.11. The highest BCUT2D eigenvalue weighted by atomic mass is 16.4. The molecular formula is C9H19N3O3. The van der Waals surface area contributed by atoms with Crippen LogP contribution in [0.5, 0.6) is 0 Å². The van der Waals surface area contributed by atoms with E-state index in [1.165, 1.54) is 0 Å². The van der Waals surface area contributed by atoms with Gasteiger partial charge in [-0.2, -0.15) is 0 Å². The molecule has 2 amide bonds. The number of urea groups is 1. The summed E-state index contributed by atoms with van der Waals surface area (Å²) in [5.41, 5.74) is 4.69. The lowest BCUT2D eigenvalue weighted by Crippen LogP contribution is -2.49. The molecule has 6 heteroatoms. The Hall–Kier alpha value is -1.30. The minimum Gasteiger partial charge on any atom is -0.481 e. The van der Waals surface area contributed by atoms with Gasteiger partial charge in [0.25, 0.3) is 0 Å². The second-order valence-electron chi connectivity index (χ2n) is 3.95. The SMILES string of the molecule is CC(C)(CCC(=O)O)NC(=O)NCCN. The molecule has 5 N–H and O–H groups in total. The van der Waals surface area contributed by atoms with Crippen molar-refractivity contribution in [3.05, 3.63) is 0 Å².